The number of hydrogen-bond donors (Lipinski definition) is 0. The lowest BCUT2D eigenvalue weighted by Crippen LogP contribution is -2.11. The molecule has 1 aliphatic carbocycles. The number of carbonyl (C=O) groups is 2. The van der Waals surface area contributed by atoms with Gasteiger partial charge in [0.15, 0.2) is 11.6 Å². The molecule has 108 valence electrons. The Morgan fingerprint density at radius 1 is 1.00 bits per heavy atom. The predicted molar refractivity (Wildman–Crippen MR) is 78.1 cm³/mol. The van der Waals surface area contributed by atoms with Crippen LogP contribution in [0.4, 0.5) is 4.39 Å². The molecule has 3 rings (SSSR count). The Bertz CT molecular complexity index is 830. The van der Waals surface area contributed by atoms with Crippen molar-refractivity contribution >= 4 is 23.4 Å². The van der Waals surface area contributed by atoms with Gasteiger partial charge in [0.1, 0.15) is 5.82 Å². The molecule has 0 N–H and O–H groups in total. The van der Waals surface area contributed by atoms with Crippen LogP contribution in [0.2, 0.25) is 0 Å². The molecule has 0 unspecified atom stereocenters. The molecule has 22 heavy (non-hydrogen) atoms. The standard InChI is InChI=1S/C18H11FO3/c19-12-8-5-11(6-9-12)7-10-15(20)16-17(21)13-3-1-2-4-14(13)18(16)22/h1-10,21H/p-1. The minimum absolute atomic E-state index is 0.256. The number of hydrogen-bond acceptors (Lipinski definition) is 3. The van der Waals surface area contributed by atoms with Gasteiger partial charge in [-0.15, -0.1) is 0 Å². The number of allylic oxidation sites excluding steroid dienone is 2. The molecule has 2 aromatic rings. The SMILES string of the molecule is O=C(C=Cc1ccc(F)cc1)C1=C([O-])c2ccccc2C1=O. The maximum atomic E-state index is 12.8. The second kappa shape index (κ2) is 5.41. The fourth-order valence-corrected chi connectivity index (χ4v) is 2.30. The molecule has 0 saturated carbocycles. The van der Waals surface area contributed by atoms with Crippen LogP contribution in [0.3, 0.4) is 0 Å². The second-order valence-corrected chi connectivity index (χ2v) is 4.83. The Kier molecular flexibility index (Phi) is 3.43. The van der Waals surface area contributed by atoms with E-state index < -0.39 is 17.3 Å². The van der Waals surface area contributed by atoms with Crippen molar-refractivity contribution < 1.29 is 19.1 Å². The van der Waals surface area contributed by atoms with Crippen LogP contribution in [0.1, 0.15) is 21.5 Å². The van der Waals surface area contributed by atoms with Gasteiger partial charge in [0.2, 0.25) is 0 Å². The number of rotatable bonds is 3. The molecule has 0 aromatic heterocycles. The molecule has 0 radical (unpaired) electrons. The monoisotopic (exact) mass is 293 g/mol. The molecule has 2 aromatic carbocycles. The number of ketones is 2. The van der Waals surface area contributed by atoms with E-state index in [2.05, 4.69) is 0 Å². The molecule has 0 atom stereocenters. The van der Waals surface area contributed by atoms with E-state index in [1.54, 1.807) is 12.1 Å². The number of Topliss-reactive ketones (excluding diaryl/α,β-unsaturated/α-hetero) is 1. The van der Waals surface area contributed by atoms with Gasteiger partial charge < -0.3 is 5.11 Å². The van der Waals surface area contributed by atoms with Gasteiger partial charge >= 0.3 is 0 Å². The van der Waals surface area contributed by atoms with Crippen LogP contribution in [0.5, 0.6) is 0 Å². The third-order valence-electron chi connectivity index (χ3n) is 3.41. The summed E-state index contributed by atoms with van der Waals surface area (Å²) in [6.07, 6.45) is 2.60. The predicted octanol–water partition coefficient (Wildman–Crippen LogP) is 2.38. The summed E-state index contributed by atoms with van der Waals surface area (Å²) >= 11 is 0. The van der Waals surface area contributed by atoms with Gasteiger partial charge in [-0.3, -0.25) is 9.59 Å². The van der Waals surface area contributed by atoms with E-state index in [9.17, 15) is 19.1 Å². The first-order valence-corrected chi connectivity index (χ1v) is 6.61. The Hall–Kier alpha value is -3.01. The molecule has 0 spiro atoms. The summed E-state index contributed by atoms with van der Waals surface area (Å²) in [4.78, 5) is 24.3. The highest BCUT2D eigenvalue weighted by molar-refractivity contribution is 6.36. The summed E-state index contributed by atoms with van der Waals surface area (Å²) in [5, 5.41) is 12.1. The highest BCUT2D eigenvalue weighted by Crippen LogP contribution is 2.29. The summed E-state index contributed by atoms with van der Waals surface area (Å²) in [7, 11) is 0. The van der Waals surface area contributed by atoms with E-state index in [1.807, 2.05) is 0 Å². The first kappa shape index (κ1) is 13.9. The number of halogens is 1. The largest absolute Gasteiger partial charge is 0.871 e. The molecule has 0 amide bonds. The molecule has 0 saturated heterocycles. The maximum absolute atomic E-state index is 12.8. The third-order valence-corrected chi connectivity index (χ3v) is 3.41. The lowest BCUT2D eigenvalue weighted by atomic mass is 10.1. The van der Waals surface area contributed by atoms with Crippen LogP contribution >= 0.6 is 0 Å². The second-order valence-electron chi connectivity index (χ2n) is 4.83. The number of fused-ring (bicyclic) bond motifs is 1. The fraction of sp³-hybridized carbons (Fsp3) is 0. The van der Waals surface area contributed by atoms with Gasteiger partial charge in [-0.05, 0) is 29.3 Å². The zero-order valence-electron chi connectivity index (χ0n) is 11.4. The van der Waals surface area contributed by atoms with Crippen LogP contribution in [0, 0.1) is 5.82 Å². The normalized spacial score (nSPS) is 13.8. The molecule has 1 aliphatic rings. The highest BCUT2D eigenvalue weighted by Gasteiger charge is 2.27. The van der Waals surface area contributed by atoms with Gasteiger partial charge in [-0.1, -0.05) is 48.2 Å². The maximum Gasteiger partial charge on any atom is 0.196 e. The van der Waals surface area contributed by atoms with E-state index in [1.165, 1.54) is 42.5 Å². The Labute approximate surface area is 126 Å². The van der Waals surface area contributed by atoms with Crippen molar-refractivity contribution in [2.45, 2.75) is 0 Å². The van der Waals surface area contributed by atoms with Crippen molar-refractivity contribution in [3.8, 4) is 0 Å². The topological polar surface area (TPSA) is 57.2 Å². The molecule has 0 fully saturated rings. The van der Waals surface area contributed by atoms with E-state index in [4.69, 9.17) is 0 Å². The third kappa shape index (κ3) is 2.35. The Balaban J connectivity index is 1.89. The quantitative estimate of drug-likeness (QED) is 0.645. The zero-order chi connectivity index (χ0) is 15.7. The molecule has 3 nitrogen and oxygen atoms in total. The zero-order valence-corrected chi connectivity index (χ0v) is 11.4. The molecular formula is C18H10FO3-. The summed E-state index contributed by atoms with van der Waals surface area (Å²) in [6, 6.07) is 11.9. The first-order valence-electron chi connectivity index (χ1n) is 6.61. The molecular weight excluding hydrogens is 283 g/mol. The van der Waals surface area contributed by atoms with E-state index in [0.29, 0.717) is 5.56 Å². The van der Waals surface area contributed by atoms with Gasteiger partial charge in [0.05, 0.1) is 5.57 Å². The minimum Gasteiger partial charge on any atom is -0.871 e. The van der Waals surface area contributed by atoms with E-state index >= 15 is 0 Å². The average Bonchev–Trinajstić information content (AvgIpc) is 2.79. The Morgan fingerprint density at radius 2 is 1.64 bits per heavy atom. The number of benzene rings is 2. The van der Waals surface area contributed by atoms with Gasteiger partial charge in [0.25, 0.3) is 0 Å². The van der Waals surface area contributed by atoms with Crippen molar-refractivity contribution in [2.24, 2.45) is 0 Å². The highest BCUT2D eigenvalue weighted by atomic mass is 19.1. The van der Waals surface area contributed by atoms with Crippen LogP contribution in [-0.4, -0.2) is 11.6 Å². The molecule has 0 heterocycles. The van der Waals surface area contributed by atoms with Crippen LogP contribution in [0.15, 0.2) is 60.2 Å². The lowest BCUT2D eigenvalue weighted by Gasteiger charge is -2.09. The minimum atomic E-state index is -0.643. The Morgan fingerprint density at radius 3 is 2.27 bits per heavy atom. The fourth-order valence-electron chi connectivity index (χ4n) is 2.30. The smallest absolute Gasteiger partial charge is 0.196 e. The van der Waals surface area contributed by atoms with Gasteiger partial charge in [0, 0.05) is 5.56 Å². The van der Waals surface area contributed by atoms with E-state index in [-0.39, 0.29) is 22.5 Å². The summed E-state index contributed by atoms with van der Waals surface area (Å²) < 4.78 is 12.8. The van der Waals surface area contributed by atoms with Gasteiger partial charge in [-0.25, -0.2) is 4.39 Å². The summed E-state index contributed by atoms with van der Waals surface area (Å²) in [5.74, 6) is -2.12. The molecule has 0 bridgehead atoms. The van der Waals surface area contributed by atoms with E-state index in [0.717, 1.165) is 6.08 Å². The van der Waals surface area contributed by atoms with Crippen LogP contribution in [0.25, 0.3) is 11.8 Å². The molecule has 0 aliphatic heterocycles. The summed E-state index contributed by atoms with van der Waals surface area (Å²) in [6.45, 7) is 0. The molecule has 4 heteroatoms. The number of carbonyl (C=O) groups excluding carboxylic acids is 2. The van der Waals surface area contributed by atoms with Crippen LogP contribution < -0.4 is 5.11 Å². The van der Waals surface area contributed by atoms with Gasteiger partial charge in [-0.2, -0.15) is 0 Å². The lowest BCUT2D eigenvalue weighted by molar-refractivity contribution is -0.244. The summed E-state index contributed by atoms with van der Waals surface area (Å²) in [5.41, 5.74) is 0.766. The average molecular weight is 293 g/mol. The van der Waals surface area contributed by atoms with Crippen molar-refractivity contribution in [3.63, 3.8) is 0 Å². The van der Waals surface area contributed by atoms with Crippen molar-refractivity contribution in [1.29, 1.82) is 0 Å². The van der Waals surface area contributed by atoms with Crippen molar-refractivity contribution in [2.75, 3.05) is 0 Å². The van der Waals surface area contributed by atoms with Crippen LogP contribution in [-0.2, 0) is 4.79 Å². The van der Waals surface area contributed by atoms with Crippen molar-refractivity contribution in [1.82, 2.24) is 0 Å². The van der Waals surface area contributed by atoms with Crippen molar-refractivity contribution in [3.05, 3.63) is 82.7 Å². The first-order chi connectivity index (χ1) is 10.6.